The van der Waals surface area contributed by atoms with Gasteiger partial charge in [0.25, 0.3) is 0 Å². The zero-order valence-corrected chi connectivity index (χ0v) is 13.4. The van der Waals surface area contributed by atoms with Crippen molar-refractivity contribution in [2.24, 2.45) is 11.8 Å². The number of rotatable bonds is 4. The van der Waals surface area contributed by atoms with Crippen LogP contribution in [0.25, 0.3) is 0 Å². The van der Waals surface area contributed by atoms with E-state index in [-0.39, 0.29) is 6.10 Å². The van der Waals surface area contributed by atoms with Gasteiger partial charge in [0.1, 0.15) is 0 Å². The van der Waals surface area contributed by atoms with Crippen LogP contribution in [0.15, 0.2) is 28.9 Å². The summed E-state index contributed by atoms with van der Waals surface area (Å²) in [6.45, 7) is 5.89. The highest BCUT2D eigenvalue weighted by molar-refractivity contribution is 5.09. The molecule has 2 aliphatic heterocycles. The van der Waals surface area contributed by atoms with Gasteiger partial charge in [-0.3, -0.25) is 9.88 Å². The van der Waals surface area contributed by atoms with Crippen molar-refractivity contribution in [1.29, 1.82) is 0 Å². The summed E-state index contributed by atoms with van der Waals surface area (Å²) < 4.78 is 11.6. The minimum atomic E-state index is 0.225. The molecule has 0 radical (unpaired) electrons. The number of likely N-dealkylation sites (tertiary alicyclic amines) is 1. The maximum absolute atomic E-state index is 6.05. The molecule has 0 bridgehead atoms. The second-order valence-corrected chi connectivity index (χ2v) is 6.59. The third kappa shape index (κ3) is 3.28. The Hall–Kier alpha value is -1.79. The standard InChI is InChI=1S/C17H22N4O2/c1-12-19-20-17(23-12)8-16-15-4-7-21(10-14(15)11-22-16)9-13-2-5-18-6-3-13/h2-3,5-6,14-16H,4,7-11H2,1H3/t14-,15-,16+/m1/s1. The Kier molecular flexibility index (Phi) is 4.10. The summed E-state index contributed by atoms with van der Waals surface area (Å²) >= 11 is 0. The molecule has 122 valence electrons. The zero-order chi connectivity index (χ0) is 15.6. The molecule has 2 fully saturated rings. The van der Waals surface area contributed by atoms with Crippen LogP contribution in [0.5, 0.6) is 0 Å². The minimum absolute atomic E-state index is 0.225. The summed E-state index contributed by atoms with van der Waals surface area (Å²) in [5, 5.41) is 8.01. The summed E-state index contributed by atoms with van der Waals surface area (Å²) in [6.07, 6.45) is 5.87. The van der Waals surface area contributed by atoms with Crippen LogP contribution in [-0.2, 0) is 17.7 Å². The van der Waals surface area contributed by atoms with E-state index >= 15 is 0 Å². The molecule has 2 aromatic rings. The predicted molar refractivity (Wildman–Crippen MR) is 83.6 cm³/mol. The van der Waals surface area contributed by atoms with Gasteiger partial charge in [0, 0.05) is 38.3 Å². The molecule has 6 heteroatoms. The average molecular weight is 314 g/mol. The lowest BCUT2D eigenvalue weighted by molar-refractivity contribution is 0.0794. The van der Waals surface area contributed by atoms with Gasteiger partial charge in [-0.1, -0.05) is 0 Å². The summed E-state index contributed by atoms with van der Waals surface area (Å²) in [5.41, 5.74) is 1.33. The Labute approximate surface area is 135 Å². The first kappa shape index (κ1) is 14.8. The lowest BCUT2D eigenvalue weighted by Crippen LogP contribution is -2.41. The first-order chi connectivity index (χ1) is 11.3. The van der Waals surface area contributed by atoms with Crippen LogP contribution in [0, 0.1) is 18.8 Å². The summed E-state index contributed by atoms with van der Waals surface area (Å²) in [7, 11) is 0. The number of ether oxygens (including phenoxy) is 1. The van der Waals surface area contributed by atoms with Gasteiger partial charge >= 0.3 is 0 Å². The van der Waals surface area contributed by atoms with Crippen molar-refractivity contribution in [3.05, 3.63) is 41.9 Å². The molecule has 6 nitrogen and oxygen atoms in total. The molecule has 0 unspecified atom stereocenters. The second kappa shape index (κ2) is 6.37. The number of fused-ring (bicyclic) bond motifs is 1. The molecule has 4 rings (SSSR count). The van der Waals surface area contributed by atoms with E-state index in [2.05, 4.69) is 32.2 Å². The van der Waals surface area contributed by atoms with Crippen molar-refractivity contribution >= 4 is 0 Å². The highest BCUT2D eigenvalue weighted by Gasteiger charge is 2.41. The molecule has 0 saturated carbocycles. The Bertz CT molecular complexity index is 645. The lowest BCUT2D eigenvalue weighted by Gasteiger charge is -2.35. The van der Waals surface area contributed by atoms with Gasteiger partial charge < -0.3 is 9.15 Å². The van der Waals surface area contributed by atoms with E-state index in [4.69, 9.17) is 9.15 Å². The molecule has 0 aromatic carbocycles. The van der Waals surface area contributed by atoms with Crippen LogP contribution in [0.2, 0.25) is 0 Å². The van der Waals surface area contributed by atoms with E-state index in [1.165, 1.54) is 12.0 Å². The summed E-state index contributed by atoms with van der Waals surface area (Å²) in [6, 6.07) is 4.19. The van der Waals surface area contributed by atoms with Crippen molar-refractivity contribution in [2.75, 3.05) is 19.7 Å². The van der Waals surface area contributed by atoms with Crippen molar-refractivity contribution in [3.8, 4) is 0 Å². The maximum Gasteiger partial charge on any atom is 0.219 e. The van der Waals surface area contributed by atoms with Gasteiger partial charge in [-0.25, -0.2) is 0 Å². The van der Waals surface area contributed by atoms with E-state index < -0.39 is 0 Å². The van der Waals surface area contributed by atoms with Gasteiger partial charge in [-0.2, -0.15) is 0 Å². The third-order valence-electron chi connectivity index (χ3n) is 4.98. The van der Waals surface area contributed by atoms with Crippen LogP contribution in [0.4, 0.5) is 0 Å². The molecular weight excluding hydrogens is 292 g/mol. The number of nitrogens with zero attached hydrogens (tertiary/aromatic N) is 4. The zero-order valence-electron chi connectivity index (χ0n) is 13.4. The largest absolute Gasteiger partial charge is 0.425 e. The van der Waals surface area contributed by atoms with E-state index in [1.54, 1.807) is 0 Å². The fourth-order valence-corrected chi connectivity index (χ4v) is 3.85. The van der Waals surface area contributed by atoms with Crippen LogP contribution in [-0.4, -0.2) is 45.9 Å². The molecule has 0 N–H and O–H groups in total. The number of aromatic nitrogens is 3. The molecule has 0 amide bonds. The number of hydrogen-bond donors (Lipinski definition) is 0. The number of pyridine rings is 1. The normalized spacial score (nSPS) is 28.0. The Morgan fingerprint density at radius 2 is 2.13 bits per heavy atom. The van der Waals surface area contributed by atoms with Crippen molar-refractivity contribution in [2.45, 2.75) is 32.4 Å². The van der Waals surface area contributed by atoms with E-state index in [0.717, 1.165) is 32.7 Å². The van der Waals surface area contributed by atoms with E-state index in [0.29, 0.717) is 23.6 Å². The van der Waals surface area contributed by atoms with Gasteiger partial charge in [-0.15, -0.1) is 10.2 Å². The van der Waals surface area contributed by atoms with Crippen molar-refractivity contribution in [1.82, 2.24) is 20.1 Å². The first-order valence-corrected chi connectivity index (χ1v) is 8.30. The number of hydrogen-bond acceptors (Lipinski definition) is 6. The van der Waals surface area contributed by atoms with Gasteiger partial charge in [0.05, 0.1) is 19.1 Å². The van der Waals surface area contributed by atoms with Crippen LogP contribution in [0.1, 0.15) is 23.8 Å². The number of aryl methyl sites for hydroxylation is 1. The Morgan fingerprint density at radius 1 is 1.26 bits per heavy atom. The molecule has 3 atom stereocenters. The molecule has 4 heterocycles. The smallest absolute Gasteiger partial charge is 0.219 e. The maximum atomic E-state index is 6.05. The predicted octanol–water partition coefficient (Wildman–Crippen LogP) is 1.85. The van der Waals surface area contributed by atoms with E-state index in [9.17, 15) is 0 Å². The fourth-order valence-electron chi connectivity index (χ4n) is 3.85. The summed E-state index contributed by atoms with van der Waals surface area (Å²) in [4.78, 5) is 6.61. The lowest BCUT2D eigenvalue weighted by atomic mass is 9.83. The molecular formula is C17H22N4O2. The fraction of sp³-hybridized carbons (Fsp3) is 0.588. The molecule has 23 heavy (non-hydrogen) atoms. The van der Waals surface area contributed by atoms with Crippen molar-refractivity contribution < 1.29 is 9.15 Å². The molecule has 0 aliphatic carbocycles. The van der Waals surface area contributed by atoms with Crippen LogP contribution >= 0.6 is 0 Å². The van der Waals surface area contributed by atoms with Crippen LogP contribution in [0.3, 0.4) is 0 Å². The Balaban J connectivity index is 1.35. The molecule has 2 aromatic heterocycles. The molecule has 2 aliphatic rings. The van der Waals surface area contributed by atoms with Crippen LogP contribution < -0.4 is 0 Å². The van der Waals surface area contributed by atoms with Gasteiger partial charge in [-0.05, 0) is 36.6 Å². The minimum Gasteiger partial charge on any atom is -0.425 e. The molecule has 2 saturated heterocycles. The quantitative estimate of drug-likeness (QED) is 0.858. The average Bonchev–Trinajstić information content (AvgIpc) is 3.15. The second-order valence-electron chi connectivity index (χ2n) is 6.59. The Morgan fingerprint density at radius 3 is 2.91 bits per heavy atom. The third-order valence-corrected chi connectivity index (χ3v) is 4.98. The summed E-state index contributed by atoms with van der Waals surface area (Å²) in [5.74, 6) is 2.55. The SMILES string of the molecule is Cc1nnc(C[C@@H]2OC[C@H]3CN(Cc4ccncc4)CC[C@H]32)o1. The first-order valence-electron chi connectivity index (χ1n) is 8.30. The monoisotopic (exact) mass is 314 g/mol. The molecule has 0 spiro atoms. The van der Waals surface area contributed by atoms with E-state index in [1.807, 2.05) is 19.3 Å². The van der Waals surface area contributed by atoms with Gasteiger partial charge in [0.15, 0.2) is 0 Å². The van der Waals surface area contributed by atoms with Gasteiger partial charge in [0.2, 0.25) is 11.8 Å². The highest BCUT2D eigenvalue weighted by atomic mass is 16.5. The number of piperidine rings is 1. The van der Waals surface area contributed by atoms with Crippen molar-refractivity contribution in [3.63, 3.8) is 0 Å². The topological polar surface area (TPSA) is 64.3 Å². The highest BCUT2D eigenvalue weighted by Crippen LogP contribution is 2.36.